The summed E-state index contributed by atoms with van der Waals surface area (Å²) in [5.41, 5.74) is 0.997. The minimum Gasteiger partial charge on any atom is -0.388 e. The highest BCUT2D eigenvalue weighted by Gasteiger charge is 2.50. The van der Waals surface area contributed by atoms with E-state index in [1.165, 1.54) is 86.4 Å². The summed E-state index contributed by atoms with van der Waals surface area (Å²) in [5.74, 6) is 0. The zero-order chi connectivity index (χ0) is 52.5. The summed E-state index contributed by atoms with van der Waals surface area (Å²) in [6.45, 7) is 12.9. The molecule has 2 aliphatic heterocycles. The predicted octanol–water partition coefficient (Wildman–Crippen LogP) is 4.92. The first-order chi connectivity index (χ1) is 35.6. The van der Waals surface area contributed by atoms with E-state index in [9.17, 15) is 30.6 Å². The van der Waals surface area contributed by atoms with Crippen molar-refractivity contribution in [3.05, 3.63) is 23.8 Å². The first-order valence-corrected chi connectivity index (χ1v) is 27.9. The van der Waals surface area contributed by atoms with Crippen LogP contribution in [0.25, 0.3) is 0 Å². The fraction of sp³-hybridized carbons (Fsp3) is 0.923. The van der Waals surface area contributed by atoms with Crippen LogP contribution in [0.1, 0.15) is 167 Å². The Kier molecular flexibility index (Phi) is 33.1. The molecule has 2 aromatic rings. The number of unbranched alkanes of at least 4 members (excludes halogenated alkanes) is 16. The molecular weight excluding hydrogens is 949 g/mol. The molecule has 0 radical (unpaired) electrons. The smallest absolute Gasteiger partial charge is 0.189 e. The molecule has 2 saturated heterocycles. The van der Waals surface area contributed by atoms with E-state index in [1.54, 1.807) is 12.4 Å². The second kappa shape index (κ2) is 38.3. The van der Waals surface area contributed by atoms with Gasteiger partial charge < -0.3 is 73.3 Å². The third-order valence-electron chi connectivity index (χ3n) is 13.2. The van der Waals surface area contributed by atoms with Gasteiger partial charge in [0.2, 0.25) is 0 Å². The van der Waals surface area contributed by atoms with Gasteiger partial charge in [-0.15, -0.1) is 10.2 Å². The minimum absolute atomic E-state index is 0.112. The van der Waals surface area contributed by atoms with Crippen LogP contribution in [0.3, 0.4) is 0 Å². The number of nitrogens with zero attached hydrogens (tertiary/aromatic N) is 6. The summed E-state index contributed by atoms with van der Waals surface area (Å²) in [6, 6.07) is 0. The zero-order valence-corrected chi connectivity index (χ0v) is 44.8. The Morgan fingerprint density at radius 1 is 0.438 bits per heavy atom. The molecule has 0 saturated carbocycles. The van der Waals surface area contributed by atoms with Crippen LogP contribution < -0.4 is 0 Å². The van der Waals surface area contributed by atoms with E-state index in [1.807, 2.05) is 0 Å². The van der Waals surface area contributed by atoms with Crippen molar-refractivity contribution < 1.29 is 73.3 Å². The highest BCUT2D eigenvalue weighted by atomic mass is 16.8. The van der Waals surface area contributed by atoms with Gasteiger partial charge in [-0.05, 0) is 25.7 Å². The SMILES string of the molecule is CCCCCCCOCC(COCCCCCCC)OCc1cn(CC2O[C@H](O[C@H]3OC(Cn4cc(COC(COCCCCCCC)COCCCCCCC)nn4)[C@@H](O)[C@H](O)C3O)C(O)C(O)[C@@H]2O)nn1. The summed E-state index contributed by atoms with van der Waals surface area (Å²) >= 11 is 0. The molecule has 0 spiro atoms. The lowest BCUT2D eigenvalue weighted by Crippen LogP contribution is -2.63. The molecule has 2 aromatic heterocycles. The first kappa shape index (κ1) is 63.2. The van der Waals surface area contributed by atoms with E-state index in [0.717, 1.165) is 51.4 Å². The van der Waals surface area contributed by atoms with Crippen LogP contribution in [0.5, 0.6) is 0 Å². The Hall–Kier alpha value is -2.32. The Balaban J connectivity index is 1.29. The topological polar surface area (TPSA) is 266 Å². The van der Waals surface area contributed by atoms with Gasteiger partial charge in [-0.25, -0.2) is 9.36 Å². The molecule has 2 aliphatic rings. The van der Waals surface area contributed by atoms with Gasteiger partial charge in [0.15, 0.2) is 12.6 Å². The van der Waals surface area contributed by atoms with E-state index in [2.05, 4.69) is 48.3 Å². The summed E-state index contributed by atoms with van der Waals surface area (Å²) in [7, 11) is 0. The fourth-order valence-electron chi connectivity index (χ4n) is 8.63. The van der Waals surface area contributed by atoms with Crippen molar-refractivity contribution in [2.45, 2.75) is 256 Å². The van der Waals surface area contributed by atoms with Crippen molar-refractivity contribution in [1.29, 1.82) is 0 Å². The molecule has 4 rings (SSSR count). The van der Waals surface area contributed by atoms with Crippen molar-refractivity contribution in [1.82, 2.24) is 30.0 Å². The van der Waals surface area contributed by atoms with Crippen molar-refractivity contribution in [3.63, 3.8) is 0 Å². The quantitative estimate of drug-likeness (QED) is 0.0481. The van der Waals surface area contributed by atoms with Gasteiger partial charge in [0.05, 0.1) is 65.1 Å². The van der Waals surface area contributed by atoms with Gasteiger partial charge >= 0.3 is 0 Å². The average molecular weight is 1050 g/mol. The number of rotatable bonds is 44. The number of aliphatic hydroxyl groups excluding tert-OH is 6. The van der Waals surface area contributed by atoms with Crippen LogP contribution in [0.15, 0.2) is 12.4 Å². The Labute approximate surface area is 434 Å². The largest absolute Gasteiger partial charge is 0.388 e. The van der Waals surface area contributed by atoms with Crippen molar-refractivity contribution in [2.75, 3.05) is 52.9 Å². The van der Waals surface area contributed by atoms with E-state index in [-0.39, 0.29) is 38.5 Å². The lowest BCUT2D eigenvalue weighted by molar-refractivity contribution is -0.375. The van der Waals surface area contributed by atoms with E-state index in [4.69, 9.17) is 42.6 Å². The molecule has 2 fully saturated rings. The molecule has 424 valence electrons. The molecule has 21 nitrogen and oxygen atoms in total. The number of aliphatic hydroxyl groups is 6. The molecule has 6 N–H and O–H groups in total. The summed E-state index contributed by atoms with van der Waals surface area (Å²) < 4.78 is 56.8. The minimum atomic E-state index is -1.78. The number of aromatic nitrogens is 6. The summed E-state index contributed by atoms with van der Waals surface area (Å²) in [5, 5.41) is 82.5. The molecule has 73 heavy (non-hydrogen) atoms. The Bertz CT molecular complexity index is 1480. The molecule has 4 heterocycles. The van der Waals surface area contributed by atoms with Crippen LogP contribution in [0, 0.1) is 0 Å². The van der Waals surface area contributed by atoms with Crippen LogP contribution in [-0.2, 0) is 68.9 Å². The standard InChI is InChI=1S/C52H96N6O15/c1-5-9-13-17-21-25-65-35-41(36-66-26-22-18-14-10-6-2)69-33-39-29-57(55-53-39)31-43-45(59)47(61)49(63)51(71-43)73-52-50(64)48(62)46(60)44(72-52)32-58-30-40(54-56-58)34-70-42(37-67-27-23-19-15-11-7-3)38-68-28-24-20-16-12-8-4/h29-30,41-52,59-64H,5-28,31-38H2,1-4H3/t43?,44?,45-,46-,47+,48?,49?,50?,51-,52-/m1/s1. The lowest BCUT2D eigenvalue weighted by atomic mass is 9.97. The molecule has 10 atom stereocenters. The maximum absolute atomic E-state index is 11.0. The predicted molar refractivity (Wildman–Crippen MR) is 270 cm³/mol. The fourth-order valence-corrected chi connectivity index (χ4v) is 8.63. The first-order valence-electron chi connectivity index (χ1n) is 27.9. The second-order valence-corrected chi connectivity index (χ2v) is 19.9. The average Bonchev–Trinajstić information content (AvgIpc) is 4.05. The van der Waals surface area contributed by atoms with Crippen LogP contribution in [0.2, 0.25) is 0 Å². The number of hydrogen-bond donors (Lipinski definition) is 6. The van der Waals surface area contributed by atoms with Gasteiger partial charge in [0.25, 0.3) is 0 Å². The molecule has 0 aliphatic carbocycles. The second-order valence-electron chi connectivity index (χ2n) is 19.9. The molecule has 0 aromatic carbocycles. The number of hydrogen-bond acceptors (Lipinski definition) is 19. The van der Waals surface area contributed by atoms with E-state index >= 15 is 0 Å². The summed E-state index contributed by atoms with van der Waals surface area (Å²) in [4.78, 5) is 0. The highest BCUT2D eigenvalue weighted by molar-refractivity contribution is 4.96. The Morgan fingerprint density at radius 3 is 1.07 bits per heavy atom. The van der Waals surface area contributed by atoms with Crippen molar-refractivity contribution >= 4 is 0 Å². The zero-order valence-electron chi connectivity index (χ0n) is 44.8. The van der Waals surface area contributed by atoms with Crippen LogP contribution in [-0.4, -0.2) is 187 Å². The Morgan fingerprint density at radius 2 is 0.753 bits per heavy atom. The monoisotopic (exact) mass is 1040 g/mol. The third-order valence-corrected chi connectivity index (χ3v) is 13.2. The van der Waals surface area contributed by atoms with Crippen molar-refractivity contribution in [3.8, 4) is 0 Å². The van der Waals surface area contributed by atoms with Gasteiger partial charge in [-0.3, -0.25) is 0 Å². The molecular formula is C52H96N6O15. The van der Waals surface area contributed by atoms with Gasteiger partial charge in [0, 0.05) is 26.4 Å². The normalized spacial score (nSPS) is 24.7. The third kappa shape index (κ3) is 24.7. The maximum Gasteiger partial charge on any atom is 0.189 e. The van der Waals surface area contributed by atoms with Crippen molar-refractivity contribution in [2.24, 2.45) is 0 Å². The van der Waals surface area contributed by atoms with Crippen LogP contribution >= 0.6 is 0 Å². The highest BCUT2D eigenvalue weighted by Crippen LogP contribution is 2.29. The molecule has 0 bridgehead atoms. The molecule has 0 amide bonds. The van der Waals surface area contributed by atoms with Crippen LogP contribution in [0.4, 0.5) is 0 Å². The van der Waals surface area contributed by atoms with Gasteiger partial charge in [-0.1, -0.05) is 141 Å². The molecule has 21 heteroatoms. The number of ether oxygens (including phenoxy) is 9. The van der Waals surface area contributed by atoms with E-state index < -0.39 is 61.4 Å². The maximum atomic E-state index is 11.0. The lowest BCUT2D eigenvalue weighted by Gasteiger charge is -2.45. The van der Waals surface area contributed by atoms with Gasteiger partial charge in [-0.2, -0.15) is 0 Å². The summed E-state index contributed by atoms with van der Waals surface area (Å²) in [6.07, 6.45) is 9.63. The molecule has 5 unspecified atom stereocenters. The van der Waals surface area contributed by atoms with E-state index in [0.29, 0.717) is 64.2 Å². The van der Waals surface area contributed by atoms with Gasteiger partial charge in [0.1, 0.15) is 72.4 Å².